The van der Waals surface area contributed by atoms with Gasteiger partial charge in [-0.3, -0.25) is 9.48 Å². The molecule has 24 heavy (non-hydrogen) atoms. The number of nitrogens with zero attached hydrogens (tertiary/aromatic N) is 4. The van der Waals surface area contributed by atoms with Gasteiger partial charge in [0, 0.05) is 32.2 Å². The Morgan fingerprint density at radius 3 is 2.58 bits per heavy atom. The van der Waals surface area contributed by atoms with Gasteiger partial charge in [0.1, 0.15) is 0 Å². The van der Waals surface area contributed by atoms with Gasteiger partial charge in [0.15, 0.2) is 0 Å². The number of hydrogen-bond donors (Lipinski definition) is 1. The number of urea groups is 1. The number of anilines is 1. The lowest BCUT2D eigenvalue weighted by Crippen LogP contribution is -2.45. The molecule has 0 radical (unpaired) electrons. The molecule has 0 aliphatic carbocycles. The number of carbonyl (C=O) groups is 2. The fourth-order valence-corrected chi connectivity index (χ4v) is 3.86. The number of nitrogens with one attached hydrogen (secondary N) is 1. The number of piperidine rings is 1. The van der Waals surface area contributed by atoms with E-state index in [2.05, 4.69) is 24.3 Å². The summed E-state index contributed by atoms with van der Waals surface area (Å²) in [6, 6.07) is 0.238. The second-order valence-corrected chi connectivity index (χ2v) is 7.30. The number of rotatable bonds is 2. The molecule has 4 rings (SSSR count). The summed E-state index contributed by atoms with van der Waals surface area (Å²) >= 11 is 0. The van der Waals surface area contributed by atoms with Gasteiger partial charge in [0.25, 0.3) is 0 Å². The van der Waals surface area contributed by atoms with E-state index in [9.17, 15) is 9.59 Å². The molecule has 1 aromatic heterocycles. The molecule has 3 aliphatic rings. The van der Waals surface area contributed by atoms with Crippen LogP contribution in [0.2, 0.25) is 0 Å². The second kappa shape index (κ2) is 6.11. The molecule has 0 spiro atoms. The molecule has 0 unspecified atom stereocenters. The summed E-state index contributed by atoms with van der Waals surface area (Å²) in [5.74, 6) is 0.0987. The second-order valence-electron chi connectivity index (χ2n) is 7.30. The van der Waals surface area contributed by atoms with Crippen LogP contribution in [0, 0.1) is 19.8 Å². The van der Waals surface area contributed by atoms with Crippen molar-refractivity contribution < 1.29 is 9.59 Å². The Kier molecular flexibility index (Phi) is 4.27. The molecule has 0 aromatic carbocycles. The number of hydrogen-bond acceptors (Lipinski definition) is 3. The van der Waals surface area contributed by atoms with Gasteiger partial charge in [0.05, 0.1) is 23.0 Å². The van der Waals surface area contributed by atoms with Crippen LogP contribution in [0.3, 0.4) is 0 Å². The van der Waals surface area contributed by atoms with Crippen LogP contribution in [0.15, 0.2) is 0 Å². The summed E-state index contributed by atoms with van der Waals surface area (Å²) in [5.41, 5.74) is 2.56. The van der Waals surface area contributed by atoms with Crippen LogP contribution < -0.4 is 5.32 Å². The molecule has 132 valence electrons. The highest BCUT2D eigenvalue weighted by molar-refractivity contribution is 5.91. The molecule has 7 nitrogen and oxygen atoms in total. The number of aryl methyl sites for hydroxylation is 1. The minimum absolute atomic E-state index is 0.0694. The molecule has 2 atom stereocenters. The molecule has 1 aromatic rings. The van der Waals surface area contributed by atoms with E-state index in [1.807, 2.05) is 30.5 Å². The van der Waals surface area contributed by atoms with E-state index in [0.717, 1.165) is 29.9 Å². The summed E-state index contributed by atoms with van der Waals surface area (Å²) in [4.78, 5) is 28.7. The zero-order valence-corrected chi connectivity index (χ0v) is 15.2. The normalized spacial score (nSPS) is 23.8. The molecule has 3 saturated heterocycles. The number of aromatic nitrogens is 2. The SMILES string of the molecule is Cc1nn(C(C)C)c(C)c1NC(=O)N1C[C@H]2CC[C@@H](C1)N(C)C2=O. The fraction of sp³-hybridized carbons (Fsp3) is 0.706. The lowest BCUT2D eigenvalue weighted by atomic mass is 9.95. The first-order chi connectivity index (χ1) is 11.3. The van der Waals surface area contributed by atoms with E-state index < -0.39 is 0 Å². The van der Waals surface area contributed by atoms with E-state index >= 15 is 0 Å². The van der Waals surface area contributed by atoms with Crippen molar-refractivity contribution in [3.8, 4) is 0 Å². The van der Waals surface area contributed by atoms with Crippen LogP contribution in [0.25, 0.3) is 0 Å². The quantitative estimate of drug-likeness (QED) is 0.901. The Labute approximate surface area is 143 Å². The van der Waals surface area contributed by atoms with E-state index in [0.29, 0.717) is 13.1 Å². The van der Waals surface area contributed by atoms with Crippen LogP contribution in [-0.4, -0.2) is 57.7 Å². The Morgan fingerprint density at radius 2 is 1.96 bits per heavy atom. The third-order valence-corrected chi connectivity index (χ3v) is 5.30. The minimum Gasteiger partial charge on any atom is -0.341 e. The molecule has 3 aliphatic heterocycles. The Hall–Kier alpha value is -2.05. The van der Waals surface area contributed by atoms with Crippen molar-refractivity contribution in [2.75, 3.05) is 25.5 Å². The molecule has 3 amide bonds. The molecule has 0 saturated carbocycles. The fourth-order valence-electron chi connectivity index (χ4n) is 3.86. The van der Waals surface area contributed by atoms with Gasteiger partial charge in [-0.25, -0.2) is 4.79 Å². The van der Waals surface area contributed by atoms with Crippen LogP contribution >= 0.6 is 0 Å². The van der Waals surface area contributed by atoms with Crippen molar-refractivity contribution in [2.24, 2.45) is 5.92 Å². The number of amides is 3. The highest BCUT2D eigenvalue weighted by atomic mass is 16.2. The maximum Gasteiger partial charge on any atom is 0.322 e. The molecular weight excluding hydrogens is 306 g/mol. The third kappa shape index (κ3) is 2.76. The van der Waals surface area contributed by atoms with Gasteiger partial charge < -0.3 is 15.1 Å². The first-order valence-corrected chi connectivity index (χ1v) is 8.68. The molecule has 3 fully saturated rings. The maximum atomic E-state index is 12.8. The zero-order valence-electron chi connectivity index (χ0n) is 15.2. The Bertz CT molecular complexity index is 666. The summed E-state index contributed by atoms with van der Waals surface area (Å²) < 4.78 is 1.92. The number of carbonyl (C=O) groups excluding carboxylic acids is 2. The lowest BCUT2D eigenvalue weighted by Gasteiger charge is -2.32. The van der Waals surface area contributed by atoms with Crippen LogP contribution in [0.5, 0.6) is 0 Å². The van der Waals surface area contributed by atoms with Crippen molar-refractivity contribution in [2.45, 2.75) is 52.6 Å². The average Bonchev–Trinajstić information content (AvgIpc) is 2.71. The van der Waals surface area contributed by atoms with Crippen LogP contribution in [0.4, 0.5) is 10.5 Å². The smallest absolute Gasteiger partial charge is 0.322 e. The molecule has 1 N–H and O–H groups in total. The topological polar surface area (TPSA) is 70.5 Å². The van der Waals surface area contributed by atoms with Gasteiger partial charge >= 0.3 is 6.03 Å². The highest BCUT2D eigenvalue weighted by Crippen LogP contribution is 2.29. The largest absolute Gasteiger partial charge is 0.341 e. The van der Waals surface area contributed by atoms with Crippen molar-refractivity contribution in [1.82, 2.24) is 19.6 Å². The molecular formula is C17H27N5O2. The van der Waals surface area contributed by atoms with Gasteiger partial charge in [-0.05, 0) is 40.5 Å². The summed E-state index contributed by atoms with van der Waals surface area (Å²) in [6.45, 7) is 9.12. The first-order valence-electron chi connectivity index (χ1n) is 8.68. The van der Waals surface area contributed by atoms with Crippen LogP contribution in [0.1, 0.15) is 44.1 Å². The van der Waals surface area contributed by atoms with E-state index in [1.165, 1.54) is 0 Å². The third-order valence-electron chi connectivity index (χ3n) is 5.30. The predicted molar refractivity (Wildman–Crippen MR) is 92.0 cm³/mol. The predicted octanol–water partition coefficient (Wildman–Crippen LogP) is 2.17. The standard InChI is InChI=1S/C17H27N5O2/c1-10(2)22-12(4)15(11(3)19-22)18-17(24)21-8-13-6-7-14(9-21)20(5)16(13)23/h10,13-14H,6-9H2,1-5H3,(H,18,24)/t13-,14+/m1/s1. The zero-order chi connectivity index (χ0) is 17.6. The van der Waals surface area contributed by atoms with Crippen molar-refractivity contribution in [3.05, 3.63) is 11.4 Å². The Balaban J connectivity index is 1.78. The van der Waals surface area contributed by atoms with Crippen molar-refractivity contribution >= 4 is 17.6 Å². The summed E-state index contributed by atoms with van der Waals surface area (Å²) in [6.07, 6.45) is 1.85. The Morgan fingerprint density at radius 1 is 1.25 bits per heavy atom. The summed E-state index contributed by atoms with van der Waals surface area (Å²) in [5, 5.41) is 7.54. The highest BCUT2D eigenvalue weighted by Gasteiger charge is 2.40. The van der Waals surface area contributed by atoms with Crippen LogP contribution in [-0.2, 0) is 4.79 Å². The molecule has 7 heteroatoms. The van der Waals surface area contributed by atoms with Gasteiger partial charge in [-0.15, -0.1) is 0 Å². The van der Waals surface area contributed by atoms with E-state index in [1.54, 1.807) is 4.90 Å². The number of fused-ring (bicyclic) bond motifs is 4. The van der Waals surface area contributed by atoms with Gasteiger partial charge in [-0.2, -0.15) is 5.10 Å². The van der Waals surface area contributed by atoms with E-state index in [4.69, 9.17) is 0 Å². The van der Waals surface area contributed by atoms with Crippen molar-refractivity contribution in [3.63, 3.8) is 0 Å². The summed E-state index contributed by atoms with van der Waals surface area (Å²) in [7, 11) is 1.85. The van der Waals surface area contributed by atoms with Crippen molar-refractivity contribution in [1.29, 1.82) is 0 Å². The van der Waals surface area contributed by atoms with E-state index in [-0.39, 0.29) is 29.9 Å². The molecule has 2 bridgehead atoms. The maximum absolute atomic E-state index is 12.8. The molecule has 4 heterocycles. The number of likely N-dealkylation sites (N-methyl/N-ethyl adjacent to an activating group) is 1. The average molecular weight is 333 g/mol. The minimum atomic E-state index is -0.135. The lowest BCUT2D eigenvalue weighted by molar-refractivity contribution is -0.138. The van der Waals surface area contributed by atoms with Gasteiger partial charge in [-0.1, -0.05) is 0 Å². The monoisotopic (exact) mass is 333 g/mol. The van der Waals surface area contributed by atoms with Gasteiger partial charge in [0.2, 0.25) is 5.91 Å². The first kappa shape index (κ1) is 16.8.